The zero-order valence-corrected chi connectivity index (χ0v) is 10.1. The number of nitrogens with one attached hydrogen (secondary N) is 1. The molecule has 0 radical (unpaired) electrons. The molecule has 0 spiro atoms. The Morgan fingerprint density at radius 3 is 2.61 bits per heavy atom. The first-order valence-electron chi connectivity index (χ1n) is 5.15. The van der Waals surface area contributed by atoms with E-state index in [2.05, 4.69) is 5.32 Å². The lowest BCUT2D eigenvalue weighted by molar-refractivity contribution is 0.478. The molecule has 2 rings (SSSR count). The molecule has 2 aromatic carbocycles. The molecule has 0 amide bonds. The highest BCUT2D eigenvalue weighted by Crippen LogP contribution is 2.31. The van der Waals surface area contributed by atoms with Crippen LogP contribution in [0.2, 0.25) is 5.02 Å². The summed E-state index contributed by atoms with van der Waals surface area (Å²) in [5.41, 5.74) is 7.77. The van der Waals surface area contributed by atoms with Crippen LogP contribution in [0.3, 0.4) is 0 Å². The van der Waals surface area contributed by atoms with E-state index >= 15 is 0 Å². The first kappa shape index (κ1) is 12.1. The van der Waals surface area contributed by atoms with E-state index in [4.69, 9.17) is 22.6 Å². The van der Waals surface area contributed by atoms with Crippen LogP contribution in [0.15, 0.2) is 36.4 Å². The number of phenols is 1. The Kier molecular flexibility index (Phi) is 3.26. The van der Waals surface area contributed by atoms with E-state index in [1.165, 1.54) is 6.07 Å². The number of hydrogen-bond acceptors (Lipinski definition) is 4. The van der Waals surface area contributed by atoms with E-state index in [0.29, 0.717) is 27.6 Å². The number of aromatic hydroxyl groups is 1. The van der Waals surface area contributed by atoms with Crippen LogP contribution < -0.4 is 11.1 Å². The van der Waals surface area contributed by atoms with Gasteiger partial charge in [0.2, 0.25) is 0 Å². The number of halogens is 1. The van der Waals surface area contributed by atoms with Crippen LogP contribution in [-0.2, 0) is 0 Å². The fourth-order valence-electron chi connectivity index (χ4n) is 1.50. The predicted octanol–water partition coefficient (Wildman–Crippen LogP) is 3.24. The van der Waals surface area contributed by atoms with Crippen molar-refractivity contribution in [2.24, 2.45) is 0 Å². The molecule has 0 bridgehead atoms. The minimum Gasteiger partial charge on any atom is -0.506 e. The van der Waals surface area contributed by atoms with Crippen LogP contribution in [0, 0.1) is 11.3 Å². The van der Waals surface area contributed by atoms with Crippen LogP contribution in [0.25, 0.3) is 0 Å². The number of nitrogen functional groups attached to an aromatic ring is 1. The van der Waals surface area contributed by atoms with Gasteiger partial charge in [-0.05, 0) is 36.4 Å². The highest BCUT2D eigenvalue weighted by molar-refractivity contribution is 6.31. The summed E-state index contributed by atoms with van der Waals surface area (Å²) in [6.07, 6.45) is 0. The summed E-state index contributed by atoms with van der Waals surface area (Å²) in [5.74, 6) is 0.0724. The first-order chi connectivity index (χ1) is 8.60. The highest BCUT2D eigenvalue weighted by atomic mass is 35.5. The second-order valence-corrected chi connectivity index (χ2v) is 4.14. The Balaban J connectivity index is 2.34. The highest BCUT2D eigenvalue weighted by Gasteiger charge is 2.05. The first-order valence-corrected chi connectivity index (χ1v) is 5.53. The van der Waals surface area contributed by atoms with Gasteiger partial charge in [-0.25, -0.2) is 0 Å². The fraction of sp³-hybridized carbons (Fsp3) is 0. The maximum atomic E-state index is 9.67. The van der Waals surface area contributed by atoms with Crippen molar-refractivity contribution in [3.05, 3.63) is 47.0 Å². The van der Waals surface area contributed by atoms with Gasteiger partial charge in [-0.1, -0.05) is 11.6 Å². The second kappa shape index (κ2) is 4.86. The lowest BCUT2D eigenvalue weighted by Crippen LogP contribution is -1.97. The second-order valence-electron chi connectivity index (χ2n) is 3.70. The number of benzene rings is 2. The van der Waals surface area contributed by atoms with E-state index in [0.717, 1.165) is 0 Å². The third kappa shape index (κ3) is 2.47. The molecule has 0 fully saturated rings. The Labute approximate surface area is 109 Å². The third-order valence-electron chi connectivity index (χ3n) is 2.41. The molecule has 0 aliphatic rings. The van der Waals surface area contributed by atoms with E-state index in [1.807, 2.05) is 6.07 Å². The van der Waals surface area contributed by atoms with Gasteiger partial charge in [-0.2, -0.15) is 5.26 Å². The molecule has 2 aromatic rings. The SMILES string of the molecule is N#Cc1ccc(Nc2cc(Cl)ccc2O)c(N)c1. The van der Waals surface area contributed by atoms with Gasteiger partial charge in [0.05, 0.1) is 28.7 Å². The molecule has 90 valence electrons. The average Bonchev–Trinajstić information content (AvgIpc) is 2.36. The standard InChI is InChI=1S/C13H10ClN3O/c14-9-2-4-13(18)12(6-9)17-11-3-1-8(7-15)5-10(11)16/h1-6,17-18H,16H2. The summed E-state index contributed by atoms with van der Waals surface area (Å²) < 4.78 is 0. The van der Waals surface area contributed by atoms with Crippen LogP contribution in [0.4, 0.5) is 17.1 Å². The van der Waals surface area contributed by atoms with E-state index < -0.39 is 0 Å². The Morgan fingerprint density at radius 1 is 1.17 bits per heavy atom. The number of anilines is 3. The van der Waals surface area contributed by atoms with Crippen molar-refractivity contribution in [2.75, 3.05) is 11.1 Å². The number of hydrogen-bond donors (Lipinski definition) is 3. The topological polar surface area (TPSA) is 82.1 Å². The van der Waals surface area contributed by atoms with Gasteiger partial charge in [0, 0.05) is 5.02 Å². The lowest BCUT2D eigenvalue weighted by atomic mass is 10.2. The van der Waals surface area contributed by atoms with Crippen molar-refractivity contribution in [3.63, 3.8) is 0 Å². The number of nitrogens with two attached hydrogens (primary N) is 1. The average molecular weight is 260 g/mol. The molecule has 18 heavy (non-hydrogen) atoms. The molecule has 0 saturated heterocycles. The summed E-state index contributed by atoms with van der Waals surface area (Å²) in [6, 6.07) is 11.5. The van der Waals surface area contributed by atoms with Gasteiger partial charge in [0.1, 0.15) is 5.75 Å². The molecule has 0 aliphatic carbocycles. The maximum Gasteiger partial charge on any atom is 0.139 e. The monoisotopic (exact) mass is 259 g/mol. The van der Waals surface area contributed by atoms with Crippen molar-refractivity contribution in [3.8, 4) is 11.8 Å². The lowest BCUT2D eigenvalue weighted by Gasteiger charge is -2.11. The fourth-order valence-corrected chi connectivity index (χ4v) is 1.67. The minimum absolute atomic E-state index is 0.0724. The van der Waals surface area contributed by atoms with E-state index in [-0.39, 0.29) is 5.75 Å². The summed E-state index contributed by atoms with van der Waals surface area (Å²) in [6.45, 7) is 0. The van der Waals surface area contributed by atoms with Gasteiger partial charge < -0.3 is 16.2 Å². The maximum absolute atomic E-state index is 9.67. The van der Waals surface area contributed by atoms with Crippen molar-refractivity contribution in [1.82, 2.24) is 0 Å². The van der Waals surface area contributed by atoms with Crippen LogP contribution in [0.1, 0.15) is 5.56 Å². The van der Waals surface area contributed by atoms with Gasteiger partial charge in [0.15, 0.2) is 0 Å². The van der Waals surface area contributed by atoms with Crippen molar-refractivity contribution >= 4 is 28.7 Å². The molecule has 5 heteroatoms. The summed E-state index contributed by atoms with van der Waals surface area (Å²) in [7, 11) is 0. The van der Waals surface area contributed by atoms with Crippen LogP contribution in [0.5, 0.6) is 5.75 Å². The molecule has 0 aliphatic heterocycles. The molecular formula is C13H10ClN3O. The molecule has 4 nitrogen and oxygen atoms in total. The number of nitriles is 1. The zero-order chi connectivity index (χ0) is 13.1. The van der Waals surface area contributed by atoms with Crippen molar-refractivity contribution in [2.45, 2.75) is 0 Å². The zero-order valence-electron chi connectivity index (χ0n) is 9.31. The van der Waals surface area contributed by atoms with E-state index in [1.54, 1.807) is 30.3 Å². The normalized spacial score (nSPS) is 9.78. The smallest absolute Gasteiger partial charge is 0.139 e. The third-order valence-corrected chi connectivity index (χ3v) is 2.64. The molecule has 0 saturated carbocycles. The molecule has 0 unspecified atom stereocenters. The molecule has 0 aromatic heterocycles. The number of phenolic OH excluding ortho intramolecular Hbond substituents is 1. The predicted molar refractivity (Wildman–Crippen MR) is 72.0 cm³/mol. The molecule has 0 heterocycles. The van der Waals surface area contributed by atoms with Gasteiger partial charge in [-0.3, -0.25) is 0 Å². The molecule has 0 atom stereocenters. The summed E-state index contributed by atoms with van der Waals surface area (Å²) >= 11 is 5.85. The molecule has 4 N–H and O–H groups in total. The van der Waals surface area contributed by atoms with Crippen LogP contribution in [-0.4, -0.2) is 5.11 Å². The van der Waals surface area contributed by atoms with Gasteiger partial charge in [-0.15, -0.1) is 0 Å². The van der Waals surface area contributed by atoms with Gasteiger partial charge in [0.25, 0.3) is 0 Å². The van der Waals surface area contributed by atoms with Crippen molar-refractivity contribution < 1.29 is 5.11 Å². The summed E-state index contributed by atoms with van der Waals surface area (Å²) in [5, 5.41) is 21.9. The van der Waals surface area contributed by atoms with E-state index in [9.17, 15) is 5.11 Å². The van der Waals surface area contributed by atoms with Crippen molar-refractivity contribution in [1.29, 1.82) is 5.26 Å². The Morgan fingerprint density at radius 2 is 1.94 bits per heavy atom. The summed E-state index contributed by atoms with van der Waals surface area (Å²) in [4.78, 5) is 0. The Hall–Kier alpha value is -2.38. The number of rotatable bonds is 2. The quantitative estimate of drug-likeness (QED) is 0.571. The van der Waals surface area contributed by atoms with Crippen LogP contribution >= 0.6 is 11.6 Å². The van der Waals surface area contributed by atoms with Gasteiger partial charge >= 0.3 is 0 Å². The minimum atomic E-state index is 0.0724. The number of nitrogens with zero attached hydrogens (tertiary/aromatic N) is 1. The Bertz CT molecular complexity index is 635. The molecular weight excluding hydrogens is 250 g/mol. The largest absolute Gasteiger partial charge is 0.506 e.